The third-order valence-electron chi connectivity index (χ3n) is 2.38. The number of hydrogen-bond donors (Lipinski definition) is 0. The highest BCUT2D eigenvalue weighted by Gasteiger charge is 2.36. The molecule has 0 aromatic rings. The van der Waals surface area contributed by atoms with Crippen molar-refractivity contribution in [2.24, 2.45) is 0 Å². The molecule has 0 bridgehead atoms. The molecule has 0 saturated heterocycles. The molecular formula is C10H9O2S6+. The molecule has 2 nitrogen and oxygen atoms in total. The van der Waals surface area contributed by atoms with Gasteiger partial charge in [0.2, 0.25) is 14.4 Å². The predicted molar refractivity (Wildman–Crippen MR) is 89.4 cm³/mol. The van der Waals surface area contributed by atoms with Gasteiger partial charge in [-0.2, -0.15) is 0 Å². The highest BCUT2D eigenvalue weighted by molar-refractivity contribution is 8.41. The normalized spacial score (nSPS) is 27.1. The predicted octanol–water partition coefficient (Wildman–Crippen LogP) is 3.93. The highest BCUT2D eigenvalue weighted by Crippen LogP contribution is 2.63. The zero-order valence-electron chi connectivity index (χ0n) is 9.13. The van der Waals surface area contributed by atoms with Crippen molar-refractivity contribution in [1.29, 1.82) is 0 Å². The molecule has 0 amide bonds. The van der Waals surface area contributed by atoms with Gasteiger partial charge in [0.1, 0.15) is 23.2 Å². The Kier molecular flexibility index (Phi) is 3.77. The van der Waals surface area contributed by atoms with Crippen molar-refractivity contribution < 1.29 is 9.47 Å². The summed E-state index contributed by atoms with van der Waals surface area (Å²) in [6, 6.07) is 0. The van der Waals surface area contributed by atoms with Gasteiger partial charge in [0.25, 0.3) is 0 Å². The first-order valence-electron chi connectivity index (χ1n) is 5.40. The van der Waals surface area contributed by atoms with E-state index in [0.717, 1.165) is 10.2 Å². The fourth-order valence-corrected chi connectivity index (χ4v) is 10.5. The quantitative estimate of drug-likeness (QED) is 0.479. The first-order chi connectivity index (χ1) is 8.90. The van der Waals surface area contributed by atoms with E-state index in [1.54, 1.807) is 27.8 Å². The number of thioether (sulfide) groups is 5. The van der Waals surface area contributed by atoms with Gasteiger partial charge in [-0.15, -0.1) is 11.8 Å². The van der Waals surface area contributed by atoms with Gasteiger partial charge in [0.05, 0.1) is 8.47 Å². The van der Waals surface area contributed by atoms with Crippen LogP contribution < -0.4 is 0 Å². The van der Waals surface area contributed by atoms with E-state index >= 15 is 0 Å². The number of hydrogen-bond acceptors (Lipinski definition) is 7. The fraction of sp³-hybridized carbons (Fsp3) is 0.400. The van der Waals surface area contributed by atoms with Gasteiger partial charge in [-0.05, 0) is 35.3 Å². The minimum absolute atomic E-state index is 0.679. The third-order valence-corrected chi connectivity index (χ3v) is 11.3. The summed E-state index contributed by atoms with van der Waals surface area (Å²) in [6.45, 7) is 1.36. The molecule has 0 spiro atoms. The Morgan fingerprint density at radius 1 is 0.833 bits per heavy atom. The molecule has 4 aliphatic heterocycles. The van der Waals surface area contributed by atoms with Crippen molar-refractivity contribution >= 4 is 70.6 Å². The van der Waals surface area contributed by atoms with Gasteiger partial charge >= 0.3 is 0 Å². The molecule has 8 heteroatoms. The Balaban J connectivity index is 1.54. The highest BCUT2D eigenvalue weighted by atomic mass is 32.3. The third kappa shape index (κ3) is 2.33. The zero-order chi connectivity index (χ0) is 11.9. The largest absolute Gasteiger partial charge is 0.480 e. The Hall–Kier alpha value is 0.920. The van der Waals surface area contributed by atoms with Gasteiger partial charge in [0, 0.05) is 17.5 Å². The first kappa shape index (κ1) is 12.6. The average Bonchev–Trinajstić information content (AvgIpc) is 3.02. The summed E-state index contributed by atoms with van der Waals surface area (Å²) in [4.78, 5) is 0. The van der Waals surface area contributed by atoms with Crippen molar-refractivity contribution in [3.8, 4) is 0 Å². The van der Waals surface area contributed by atoms with Crippen LogP contribution in [0.3, 0.4) is 0 Å². The maximum atomic E-state index is 5.63. The molecule has 4 aliphatic rings. The second-order valence-corrected chi connectivity index (χ2v) is 11.0. The molecule has 0 aromatic carbocycles. The number of thiol groups is 1. The maximum absolute atomic E-state index is 5.63. The molecule has 0 saturated carbocycles. The lowest BCUT2D eigenvalue weighted by Crippen LogP contribution is -2.08. The van der Waals surface area contributed by atoms with E-state index in [-0.39, 0.29) is 0 Å². The molecule has 0 atom stereocenters. The van der Waals surface area contributed by atoms with Gasteiger partial charge in [-0.1, -0.05) is 11.8 Å². The van der Waals surface area contributed by atoms with Crippen molar-refractivity contribution in [3.05, 3.63) is 27.1 Å². The van der Waals surface area contributed by atoms with Crippen LogP contribution in [0.2, 0.25) is 0 Å². The second kappa shape index (κ2) is 5.37. The molecule has 4 rings (SSSR count). The Morgan fingerprint density at radius 3 is 2.28 bits per heavy atom. The fourth-order valence-electron chi connectivity index (χ4n) is 1.64. The first-order valence-corrected chi connectivity index (χ1v) is 10.7. The van der Waals surface area contributed by atoms with Crippen LogP contribution in [-0.2, 0) is 21.2 Å². The minimum atomic E-state index is 0.679. The molecule has 0 fully saturated rings. The van der Waals surface area contributed by atoms with Crippen LogP contribution in [0, 0.1) is 0 Å². The standard InChI is InChI=1S/C10H8O2S6/c1-2-12-6-5(11-1)15-9(16-6)10-17-7-8(18-10)14-4-3-13-7/h1-4H2/p+1. The summed E-state index contributed by atoms with van der Waals surface area (Å²) in [5.74, 6) is 2.55. The summed E-state index contributed by atoms with van der Waals surface area (Å²) < 4.78 is 17.1. The van der Waals surface area contributed by atoms with E-state index in [1.165, 1.54) is 36.0 Å². The smallest absolute Gasteiger partial charge is 0.211 e. The van der Waals surface area contributed by atoms with E-state index in [9.17, 15) is 0 Å². The van der Waals surface area contributed by atoms with E-state index < -0.39 is 0 Å². The Bertz CT molecular complexity index is 411. The van der Waals surface area contributed by atoms with E-state index in [4.69, 9.17) is 9.47 Å². The molecule has 18 heavy (non-hydrogen) atoms. The van der Waals surface area contributed by atoms with Gasteiger partial charge in [0.15, 0.2) is 0 Å². The van der Waals surface area contributed by atoms with E-state index in [2.05, 4.69) is 0 Å². The molecule has 4 heterocycles. The average molecular weight is 354 g/mol. The summed E-state index contributed by atoms with van der Waals surface area (Å²) in [6.07, 6.45) is 0. The van der Waals surface area contributed by atoms with Crippen LogP contribution in [0.5, 0.6) is 0 Å². The maximum Gasteiger partial charge on any atom is 0.211 e. The Morgan fingerprint density at radius 2 is 1.56 bits per heavy atom. The molecule has 0 N–H and O–H groups in total. The molecule has 0 radical (unpaired) electrons. The van der Waals surface area contributed by atoms with Gasteiger partial charge in [-0.3, -0.25) is 0 Å². The van der Waals surface area contributed by atoms with Crippen LogP contribution in [0.4, 0.5) is 0 Å². The lowest BCUT2D eigenvalue weighted by Gasteiger charge is -2.13. The van der Waals surface area contributed by atoms with E-state index in [0.29, 0.717) is 13.2 Å². The molecular weight excluding hydrogens is 345 g/mol. The lowest BCUT2D eigenvalue weighted by molar-refractivity contribution is 0.0949. The van der Waals surface area contributed by atoms with Crippen molar-refractivity contribution in [2.45, 2.75) is 0 Å². The van der Waals surface area contributed by atoms with E-state index in [1.807, 2.05) is 35.3 Å². The SMILES string of the molecule is C1COC2=C(O1)SC(=C1SC3=C(S1)[SH+]CCS3)S2. The monoisotopic (exact) mass is 353 g/mol. The molecule has 0 unspecified atom stereocenters. The zero-order valence-corrected chi connectivity index (χ0v) is 14.1. The van der Waals surface area contributed by atoms with Crippen LogP contribution in [-0.4, -0.2) is 24.7 Å². The van der Waals surface area contributed by atoms with Crippen LogP contribution in [0.15, 0.2) is 27.1 Å². The van der Waals surface area contributed by atoms with Crippen molar-refractivity contribution in [2.75, 3.05) is 24.7 Å². The Labute approximate surface area is 131 Å². The summed E-state index contributed by atoms with van der Waals surface area (Å²) in [5.41, 5.74) is 0. The summed E-state index contributed by atoms with van der Waals surface area (Å²) >= 11 is 10.9. The van der Waals surface area contributed by atoms with Crippen LogP contribution >= 0.6 is 58.8 Å². The van der Waals surface area contributed by atoms with Crippen LogP contribution in [0.1, 0.15) is 0 Å². The van der Waals surface area contributed by atoms with Crippen molar-refractivity contribution in [1.82, 2.24) is 0 Å². The summed E-state index contributed by atoms with van der Waals surface area (Å²) in [7, 11) is 0. The topological polar surface area (TPSA) is 18.5 Å². The second-order valence-electron chi connectivity index (χ2n) is 3.58. The lowest BCUT2D eigenvalue weighted by atomic mass is 10.7. The molecule has 0 aliphatic carbocycles. The molecule has 96 valence electrons. The van der Waals surface area contributed by atoms with Crippen molar-refractivity contribution in [3.63, 3.8) is 0 Å². The van der Waals surface area contributed by atoms with Crippen LogP contribution in [0.25, 0.3) is 0 Å². The number of ether oxygens (including phenoxy) is 2. The minimum Gasteiger partial charge on any atom is -0.480 e. The molecule has 0 aromatic heterocycles. The number of rotatable bonds is 0. The summed E-state index contributed by atoms with van der Waals surface area (Å²) in [5, 5.41) is 1.93. The van der Waals surface area contributed by atoms with Gasteiger partial charge < -0.3 is 9.47 Å². The van der Waals surface area contributed by atoms with Gasteiger partial charge in [-0.25, -0.2) is 0 Å².